The molecule has 2 aromatic heterocycles. The number of aromatic amines is 1. The summed E-state index contributed by atoms with van der Waals surface area (Å²) < 4.78 is 42.4. The molecule has 0 radical (unpaired) electrons. The molecule has 5 aliphatic rings. The first-order chi connectivity index (χ1) is 37.0. The number of amides is 1. The van der Waals surface area contributed by atoms with Crippen LogP contribution in [0.1, 0.15) is 111 Å². The number of H-pyrrole nitrogens is 1. The molecule has 2 saturated carbocycles. The first-order valence-electron chi connectivity index (χ1n) is 27.3. The van der Waals surface area contributed by atoms with E-state index in [0.29, 0.717) is 49.3 Å². The third-order valence-electron chi connectivity index (χ3n) is 17.3. The van der Waals surface area contributed by atoms with E-state index in [1.54, 1.807) is 30.6 Å². The van der Waals surface area contributed by atoms with Gasteiger partial charge in [-0.1, -0.05) is 50.2 Å². The molecule has 18 heteroatoms. The molecular formula is C59H71N9O8S. The normalized spacial score (nSPS) is 22.1. The number of rotatable bonds is 15. The minimum atomic E-state index is -4.59. The lowest BCUT2D eigenvalue weighted by Crippen LogP contribution is -2.60. The van der Waals surface area contributed by atoms with Gasteiger partial charge in [-0.15, -0.1) is 0 Å². The maximum absolute atomic E-state index is 14.2. The van der Waals surface area contributed by atoms with Gasteiger partial charge in [-0.25, -0.2) is 18.1 Å². The van der Waals surface area contributed by atoms with Gasteiger partial charge in [0.05, 0.1) is 39.4 Å². The smallest absolute Gasteiger partial charge is 0.293 e. The number of hydrogen-bond donors (Lipinski definition) is 4. The summed E-state index contributed by atoms with van der Waals surface area (Å²) in [6, 6.07) is 28.7. The van der Waals surface area contributed by atoms with E-state index in [-0.39, 0.29) is 34.4 Å². The molecule has 5 heterocycles. The standard InChI is InChI=1S/C59H71N9O8S/c1-39(2)47-9-5-6-10-48(47)52-38-65(37-42-8-7-11-53-55(42)64(4)28-29-75-53)26-27-67(52)44-33-59(34-44)21-24-66(25-22-59)43-12-14-49(54(31-43)76-45-30-41-18-23-60-56(41)62-36-45)57(69)63-77(73,74)46-13-15-50(51(32-46)68(71)72)61-35-40-16-19-58(3,70)20-17-40/h5-15,18,23,30-32,36,39-40,44,52,61,70H,16-17,19-22,24-29,33-35,37-38H2,1-4H3,(H,60,62)(H,63,69)/t40-,52?,58-. The predicted octanol–water partition coefficient (Wildman–Crippen LogP) is 10.00. The fourth-order valence-corrected chi connectivity index (χ4v) is 13.8. The Bertz CT molecular complexity index is 3260. The molecule has 2 aliphatic carbocycles. The lowest BCUT2D eigenvalue weighted by atomic mass is 9.59. The van der Waals surface area contributed by atoms with Gasteiger partial charge in [0.15, 0.2) is 0 Å². The Kier molecular flexibility index (Phi) is 14.4. The van der Waals surface area contributed by atoms with Crippen molar-refractivity contribution in [3.63, 3.8) is 0 Å². The molecule has 11 rings (SSSR count). The zero-order valence-electron chi connectivity index (χ0n) is 44.5. The second kappa shape index (κ2) is 21.2. The molecular weight excluding hydrogens is 995 g/mol. The van der Waals surface area contributed by atoms with E-state index in [1.165, 1.54) is 34.5 Å². The summed E-state index contributed by atoms with van der Waals surface area (Å²) in [6.07, 6.45) is 10.4. The molecule has 77 heavy (non-hydrogen) atoms. The van der Waals surface area contributed by atoms with E-state index in [9.17, 15) is 28.4 Å². The van der Waals surface area contributed by atoms with Gasteiger partial charge in [-0.05, 0) is 135 Å². The van der Waals surface area contributed by atoms with Crippen molar-refractivity contribution in [2.75, 3.05) is 74.6 Å². The fraction of sp³-hybridized carbons (Fsp3) is 0.458. The molecule has 0 bridgehead atoms. The number of nitro benzene ring substituents is 1. The zero-order valence-corrected chi connectivity index (χ0v) is 45.4. The highest BCUT2D eigenvalue weighted by Crippen LogP contribution is 2.54. The van der Waals surface area contributed by atoms with Gasteiger partial charge in [0, 0.05) is 94.3 Å². The number of piperidine rings is 1. The van der Waals surface area contributed by atoms with Crippen molar-refractivity contribution in [3.05, 3.63) is 136 Å². The second-order valence-electron chi connectivity index (χ2n) is 22.9. The minimum absolute atomic E-state index is 0.0285. The predicted molar refractivity (Wildman–Crippen MR) is 299 cm³/mol. The molecule has 2 saturated heterocycles. The minimum Gasteiger partial charge on any atom is -0.490 e. The third kappa shape index (κ3) is 11.1. The number of pyridine rings is 1. The summed E-state index contributed by atoms with van der Waals surface area (Å²) in [5, 5.41) is 26.5. The number of nitrogens with zero attached hydrogens (tertiary/aromatic N) is 6. The SMILES string of the molecule is CC(C)c1ccccc1C1CN(Cc2cccc3c2N(C)CCO3)CCN1C1CC2(CCN(c3ccc(C(=O)NS(=O)(=O)c4ccc(NC[C@H]5CC[C@](C)(O)CC5)c([N+](=O)[O-])c4)c(Oc4cnc5[nH]ccc5c4)c3)CC2)C1. The van der Waals surface area contributed by atoms with Gasteiger partial charge in [0.1, 0.15) is 35.2 Å². The van der Waals surface area contributed by atoms with Gasteiger partial charge in [-0.3, -0.25) is 24.7 Å². The van der Waals surface area contributed by atoms with Crippen LogP contribution in [0.4, 0.5) is 22.7 Å². The van der Waals surface area contributed by atoms with Crippen molar-refractivity contribution >= 4 is 49.7 Å². The van der Waals surface area contributed by atoms with Crippen molar-refractivity contribution in [3.8, 4) is 17.2 Å². The van der Waals surface area contributed by atoms with Crippen LogP contribution in [0.5, 0.6) is 17.2 Å². The summed E-state index contributed by atoms with van der Waals surface area (Å²) in [7, 11) is -2.43. The number of fused-ring (bicyclic) bond motifs is 2. The fourth-order valence-electron chi connectivity index (χ4n) is 12.8. The van der Waals surface area contributed by atoms with Crippen molar-refractivity contribution in [1.29, 1.82) is 0 Å². The quantitative estimate of drug-likeness (QED) is 0.0560. The molecule has 4 fully saturated rings. The first kappa shape index (κ1) is 52.3. The lowest BCUT2D eigenvalue weighted by molar-refractivity contribution is -0.384. The monoisotopic (exact) mass is 1070 g/mol. The molecule has 3 aliphatic heterocycles. The summed E-state index contributed by atoms with van der Waals surface area (Å²) in [6.45, 7) is 13.9. The second-order valence-corrected chi connectivity index (χ2v) is 24.6. The van der Waals surface area contributed by atoms with Crippen LogP contribution in [0.15, 0.2) is 108 Å². The van der Waals surface area contributed by atoms with Gasteiger partial charge < -0.3 is 34.7 Å². The zero-order chi connectivity index (χ0) is 53.6. The molecule has 1 spiro atoms. The number of anilines is 3. The molecule has 4 N–H and O–H groups in total. The van der Waals surface area contributed by atoms with Crippen LogP contribution in [-0.2, 0) is 16.6 Å². The van der Waals surface area contributed by atoms with Crippen molar-refractivity contribution in [2.45, 2.75) is 107 Å². The third-order valence-corrected chi connectivity index (χ3v) is 18.6. The summed E-state index contributed by atoms with van der Waals surface area (Å²) in [4.78, 5) is 43.0. The molecule has 1 unspecified atom stereocenters. The van der Waals surface area contributed by atoms with Crippen LogP contribution in [-0.4, -0.2) is 115 Å². The number of carbonyl (C=O) groups is 1. The Morgan fingerprint density at radius 1 is 0.961 bits per heavy atom. The number of sulfonamides is 1. The number of aromatic nitrogens is 2. The number of aliphatic hydroxyl groups is 1. The molecule has 4 aromatic carbocycles. The van der Waals surface area contributed by atoms with Crippen LogP contribution in [0, 0.1) is 21.4 Å². The largest absolute Gasteiger partial charge is 0.490 e. The van der Waals surface area contributed by atoms with Crippen LogP contribution >= 0.6 is 0 Å². The molecule has 17 nitrogen and oxygen atoms in total. The van der Waals surface area contributed by atoms with Gasteiger partial charge in [0.2, 0.25) is 0 Å². The van der Waals surface area contributed by atoms with Gasteiger partial charge in [-0.2, -0.15) is 0 Å². The number of nitro groups is 1. The van der Waals surface area contributed by atoms with Gasteiger partial charge in [0.25, 0.3) is 21.6 Å². The summed E-state index contributed by atoms with van der Waals surface area (Å²) in [5.74, 6) is 1.13. The topological polar surface area (TPSA) is 199 Å². The number of carbonyl (C=O) groups excluding carboxylic acids is 1. The highest BCUT2D eigenvalue weighted by molar-refractivity contribution is 7.90. The van der Waals surface area contributed by atoms with Crippen LogP contribution in [0.2, 0.25) is 0 Å². The Morgan fingerprint density at radius 3 is 2.53 bits per heavy atom. The van der Waals surface area contributed by atoms with Crippen LogP contribution in [0.25, 0.3) is 11.0 Å². The van der Waals surface area contributed by atoms with Crippen molar-refractivity contribution in [2.24, 2.45) is 11.3 Å². The van der Waals surface area contributed by atoms with E-state index in [1.807, 2.05) is 19.1 Å². The highest BCUT2D eigenvalue weighted by Gasteiger charge is 2.50. The maximum atomic E-state index is 14.2. The number of likely N-dealkylation sites (N-methyl/N-ethyl adjacent to an activating group) is 1. The highest BCUT2D eigenvalue weighted by atomic mass is 32.2. The molecule has 406 valence electrons. The van der Waals surface area contributed by atoms with Crippen molar-refractivity contribution < 1.29 is 32.7 Å². The number of ether oxygens (including phenoxy) is 2. The Labute approximate surface area is 451 Å². The Morgan fingerprint density at radius 2 is 1.75 bits per heavy atom. The van der Waals surface area contributed by atoms with E-state index < -0.39 is 37.0 Å². The van der Waals surface area contributed by atoms with E-state index in [2.05, 4.69) is 103 Å². The molecule has 1 amide bonds. The first-order valence-corrected chi connectivity index (χ1v) is 28.8. The number of nitrogens with one attached hydrogen (secondary N) is 3. The summed E-state index contributed by atoms with van der Waals surface area (Å²) >= 11 is 0. The number of benzene rings is 4. The average Bonchev–Trinajstić information content (AvgIpc) is 3.88. The number of piperazine rings is 1. The summed E-state index contributed by atoms with van der Waals surface area (Å²) in [5.41, 5.74) is 6.10. The Hall–Kier alpha value is -6.73. The van der Waals surface area contributed by atoms with E-state index in [4.69, 9.17) is 9.47 Å². The van der Waals surface area contributed by atoms with E-state index >= 15 is 0 Å². The van der Waals surface area contributed by atoms with Crippen molar-refractivity contribution in [1.82, 2.24) is 24.5 Å². The average molecular weight is 1070 g/mol. The van der Waals surface area contributed by atoms with E-state index in [0.717, 1.165) is 107 Å². The lowest BCUT2D eigenvalue weighted by Gasteiger charge is -2.58. The number of para-hydroxylation sites is 1. The molecule has 6 aromatic rings. The molecule has 1 atom stereocenters. The van der Waals surface area contributed by atoms with Crippen LogP contribution in [0.3, 0.4) is 0 Å². The number of hydrogen-bond acceptors (Lipinski definition) is 14. The Balaban J connectivity index is 0.781. The maximum Gasteiger partial charge on any atom is 0.293 e. The van der Waals surface area contributed by atoms with Crippen LogP contribution < -0.4 is 29.3 Å². The van der Waals surface area contributed by atoms with Gasteiger partial charge >= 0.3 is 0 Å².